The highest BCUT2D eigenvalue weighted by Crippen LogP contribution is 2.21. The van der Waals surface area contributed by atoms with Crippen molar-refractivity contribution in [1.29, 1.82) is 0 Å². The first-order valence-corrected chi connectivity index (χ1v) is 10.3. The van der Waals surface area contributed by atoms with Crippen LogP contribution in [0, 0.1) is 5.92 Å². The van der Waals surface area contributed by atoms with Gasteiger partial charge in [0, 0.05) is 24.5 Å². The van der Waals surface area contributed by atoms with Crippen LogP contribution in [0.4, 0.5) is 11.4 Å². The fraction of sp³-hybridized carbons (Fsp3) is 0.400. The third-order valence-corrected chi connectivity index (χ3v) is 5.52. The maximum Gasteiger partial charge on any atom is 0.261 e. The summed E-state index contributed by atoms with van der Waals surface area (Å²) in [7, 11) is -3.57. The zero-order chi connectivity index (χ0) is 18.4. The molecule has 0 fully saturated rings. The standard InChI is InChI=1S/C20H28N2O2S/c1-5-22(6-2)19-11-9-18(10-12-19)21-25(23,24)20-13-7-17(8-14-20)15-16(3)4/h7-14,16,21H,5-6,15H2,1-4H3. The van der Waals surface area contributed by atoms with Gasteiger partial charge in [-0.2, -0.15) is 0 Å². The smallest absolute Gasteiger partial charge is 0.261 e. The molecule has 136 valence electrons. The molecule has 0 saturated carbocycles. The molecule has 1 N–H and O–H groups in total. The van der Waals surface area contributed by atoms with Gasteiger partial charge in [0.1, 0.15) is 0 Å². The van der Waals surface area contributed by atoms with E-state index in [0.717, 1.165) is 30.8 Å². The van der Waals surface area contributed by atoms with E-state index in [-0.39, 0.29) is 4.90 Å². The third kappa shape index (κ3) is 5.23. The Hall–Kier alpha value is -2.01. The molecule has 0 atom stereocenters. The summed E-state index contributed by atoms with van der Waals surface area (Å²) in [6.45, 7) is 10.3. The third-order valence-electron chi connectivity index (χ3n) is 4.13. The minimum atomic E-state index is -3.57. The average Bonchev–Trinajstić information content (AvgIpc) is 2.57. The summed E-state index contributed by atoms with van der Waals surface area (Å²) in [4.78, 5) is 2.50. The van der Waals surface area contributed by atoms with Crippen LogP contribution in [0.5, 0.6) is 0 Å². The lowest BCUT2D eigenvalue weighted by molar-refractivity contribution is 0.601. The molecule has 25 heavy (non-hydrogen) atoms. The van der Waals surface area contributed by atoms with E-state index in [4.69, 9.17) is 0 Å². The summed E-state index contributed by atoms with van der Waals surface area (Å²) in [5.74, 6) is 0.546. The lowest BCUT2D eigenvalue weighted by Gasteiger charge is -2.21. The molecule has 0 aliphatic rings. The van der Waals surface area contributed by atoms with Crippen LogP contribution in [0.25, 0.3) is 0 Å². The number of anilines is 2. The van der Waals surface area contributed by atoms with E-state index in [1.54, 1.807) is 24.3 Å². The quantitative estimate of drug-likeness (QED) is 0.752. The molecule has 0 saturated heterocycles. The second-order valence-electron chi connectivity index (χ2n) is 6.57. The average molecular weight is 361 g/mol. The number of nitrogens with zero attached hydrogens (tertiary/aromatic N) is 1. The first-order chi connectivity index (χ1) is 11.9. The summed E-state index contributed by atoms with van der Waals surface area (Å²) in [6.07, 6.45) is 0.945. The predicted octanol–water partition coefficient (Wildman–Crippen LogP) is 4.53. The van der Waals surface area contributed by atoms with Crippen molar-refractivity contribution in [1.82, 2.24) is 0 Å². The van der Waals surface area contributed by atoms with Crippen LogP contribution in [-0.2, 0) is 16.4 Å². The zero-order valence-electron chi connectivity index (χ0n) is 15.5. The highest BCUT2D eigenvalue weighted by atomic mass is 32.2. The van der Waals surface area contributed by atoms with Crippen molar-refractivity contribution in [3.8, 4) is 0 Å². The fourth-order valence-electron chi connectivity index (χ4n) is 2.82. The Balaban J connectivity index is 2.12. The predicted molar refractivity (Wildman–Crippen MR) is 106 cm³/mol. The SMILES string of the molecule is CCN(CC)c1ccc(NS(=O)(=O)c2ccc(CC(C)C)cc2)cc1. The van der Waals surface area contributed by atoms with Gasteiger partial charge in [0.2, 0.25) is 0 Å². The second-order valence-corrected chi connectivity index (χ2v) is 8.25. The Kier molecular flexibility index (Phi) is 6.48. The van der Waals surface area contributed by atoms with Crippen molar-refractivity contribution < 1.29 is 8.42 Å². The maximum atomic E-state index is 12.5. The Morgan fingerprint density at radius 2 is 1.48 bits per heavy atom. The lowest BCUT2D eigenvalue weighted by Crippen LogP contribution is -2.21. The normalized spacial score (nSPS) is 11.6. The minimum Gasteiger partial charge on any atom is -0.372 e. The van der Waals surface area contributed by atoms with Crippen LogP contribution in [0.3, 0.4) is 0 Å². The van der Waals surface area contributed by atoms with E-state index < -0.39 is 10.0 Å². The van der Waals surface area contributed by atoms with E-state index in [1.807, 2.05) is 24.3 Å². The van der Waals surface area contributed by atoms with E-state index >= 15 is 0 Å². The van der Waals surface area contributed by atoms with Crippen LogP contribution >= 0.6 is 0 Å². The van der Waals surface area contributed by atoms with Crippen LogP contribution < -0.4 is 9.62 Å². The van der Waals surface area contributed by atoms with E-state index in [9.17, 15) is 8.42 Å². The number of hydrogen-bond donors (Lipinski definition) is 1. The molecule has 0 aliphatic heterocycles. The van der Waals surface area contributed by atoms with E-state index in [1.165, 1.54) is 0 Å². The number of benzene rings is 2. The zero-order valence-corrected chi connectivity index (χ0v) is 16.3. The minimum absolute atomic E-state index is 0.285. The number of rotatable bonds is 8. The topological polar surface area (TPSA) is 49.4 Å². The molecule has 2 aromatic carbocycles. The largest absolute Gasteiger partial charge is 0.372 e. The Morgan fingerprint density at radius 3 is 1.96 bits per heavy atom. The van der Waals surface area contributed by atoms with Crippen molar-refractivity contribution >= 4 is 21.4 Å². The van der Waals surface area contributed by atoms with Crippen LogP contribution in [0.15, 0.2) is 53.4 Å². The van der Waals surface area contributed by atoms with Gasteiger partial charge in [-0.1, -0.05) is 26.0 Å². The summed E-state index contributed by atoms with van der Waals surface area (Å²) < 4.78 is 27.7. The maximum absolute atomic E-state index is 12.5. The summed E-state index contributed by atoms with van der Waals surface area (Å²) >= 11 is 0. The molecule has 0 amide bonds. The van der Waals surface area contributed by atoms with Crippen molar-refractivity contribution in [2.24, 2.45) is 5.92 Å². The molecular formula is C20H28N2O2S. The molecule has 0 unspecified atom stereocenters. The number of sulfonamides is 1. The Labute approximate surface area is 151 Å². The van der Waals surface area contributed by atoms with Crippen LogP contribution in [0.2, 0.25) is 0 Å². The van der Waals surface area contributed by atoms with E-state index in [0.29, 0.717) is 11.6 Å². The van der Waals surface area contributed by atoms with Gasteiger partial charge in [0.05, 0.1) is 4.90 Å². The first kappa shape index (κ1) is 19.3. The van der Waals surface area contributed by atoms with Crippen molar-refractivity contribution in [3.05, 3.63) is 54.1 Å². The molecule has 2 rings (SSSR count). The molecule has 0 spiro atoms. The number of hydrogen-bond acceptors (Lipinski definition) is 3. The van der Waals surface area contributed by atoms with Gasteiger partial charge >= 0.3 is 0 Å². The van der Waals surface area contributed by atoms with Gasteiger partial charge in [-0.3, -0.25) is 4.72 Å². The van der Waals surface area contributed by atoms with Crippen molar-refractivity contribution in [3.63, 3.8) is 0 Å². The number of nitrogens with one attached hydrogen (secondary N) is 1. The van der Waals surface area contributed by atoms with Crippen LogP contribution in [-0.4, -0.2) is 21.5 Å². The first-order valence-electron chi connectivity index (χ1n) is 8.82. The molecule has 2 aromatic rings. The van der Waals surface area contributed by atoms with Gasteiger partial charge in [0.25, 0.3) is 10.0 Å². The lowest BCUT2D eigenvalue weighted by atomic mass is 10.0. The molecule has 5 heteroatoms. The molecule has 0 bridgehead atoms. The fourth-order valence-corrected chi connectivity index (χ4v) is 3.88. The van der Waals surface area contributed by atoms with E-state index in [2.05, 4.69) is 37.3 Å². The second kappa shape index (κ2) is 8.39. The molecule has 0 radical (unpaired) electrons. The van der Waals surface area contributed by atoms with Crippen molar-refractivity contribution in [2.45, 2.75) is 39.0 Å². The Morgan fingerprint density at radius 1 is 0.920 bits per heavy atom. The highest BCUT2D eigenvalue weighted by Gasteiger charge is 2.14. The highest BCUT2D eigenvalue weighted by molar-refractivity contribution is 7.92. The Bertz CT molecular complexity index is 762. The van der Waals surface area contributed by atoms with Gasteiger partial charge in [-0.25, -0.2) is 8.42 Å². The molecular weight excluding hydrogens is 332 g/mol. The molecule has 4 nitrogen and oxygen atoms in total. The van der Waals surface area contributed by atoms with Gasteiger partial charge in [-0.15, -0.1) is 0 Å². The summed E-state index contributed by atoms with van der Waals surface area (Å²) in [5.41, 5.74) is 2.81. The van der Waals surface area contributed by atoms with Gasteiger partial charge < -0.3 is 4.90 Å². The summed E-state index contributed by atoms with van der Waals surface area (Å²) in [6, 6.07) is 14.6. The van der Waals surface area contributed by atoms with Gasteiger partial charge in [0.15, 0.2) is 0 Å². The van der Waals surface area contributed by atoms with Crippen molar-refractivity contribution in [2.75, 3.05) is 22.7 Å². The van der Waals surface area contributed by atoms with Gasteiger partial charge in [-0.05, 0) is 68.1 Å². The molecule has 0 heterocycles. The monoisotopic (exact) mass is 360 g/mol. The van der Waals surface area contributed by atoms with Crippen LogP contribution in [0.1, 0.15) is 33.3 Å². The molecule has 0 aliphatic carbocycles. The summed E-state index contributed by atoms with van der Waals surface area (Å²) in [5, 5.41) is 0. The molecule has 0 aromatic heterocycles.